The van der Waals surface area contributed by atoms with E-state index >= 15 is 0 Å². The van der Waals surface area contributed by atoms with E-state index in [0.717, 1.165) is 12.8 Å². The van der Waals surface area contributed by atoms with Gasteiger partial charge in [-0.2, -0.15) is 0 Å². The number of urea groups is 1. The molecular formula is C13H22N2O5. The van der Waals surface area contributed by atoms with Crippen LogP contribution in [0.15, 0.2) is 0 Å². The minimum absolute atomic E-state index is 0.138. The number of amides is 2. The quantitative estimate of drug-likeness (QED) is 0.655. The molecule has 2 rings (SSSR count). The summed E-state index contributed by atoms with van der Waals surface area (Å²) >= 11 is 0. The number of aliphatic hydroxyl groups excluding tert-OH is 1. The zero-order valence-electron chi connectivity index (χ0n) is 11.6. The van der Waals surface area contributed by atoms with Gasteiger partial charge < -0.3 is 25.2 Å². The molecule has 0 aromatic carbocycles. The van der Waals surface area contributed by atoms with Crippen LogP contribution in [0.1, 0.15) is 19.3 Å². The summed E-state index contributed by atoms with van der Waals surface area (Å²) in [4.78, 5) is 24.3. The summed E-state index contributed by atoms with van der Waals surface area (Å²) in [6.07, 6.45) is 0.839. The highest BCUT2D eigenvalue weighted by Crippen LogP contribution is 2.37. The molecule has 0 aromatic heterocycles. The van der Waals surface area contributed by atoms with Crippen molar-refractivity contribution < 1.29 is 24.5 Å². The summed E-state index contributed by atoms with van der Waals surface area (Å²) in [6.45, 7) is 1.43. The van der Waals surface area contributed by atoms with Crippen LogP contribution in [0.3, 0.4) is 0 Å². The third-order valence-electron chi connectivity index (χ3n) is 4.32. The number of fused-ring (bicyclic) bond motifs is 1. The van der Waals surface area contributed by atoms with Crippen LogP contribution >= 0.6 is 0 Å². The third-order valence-corrected chi connectivity index (χ3v) is 4.32. The molecule has 2 amide bonds. The van der Waals surface area contributed by atoms with Crippen molar-refractivity contribution in [3.8, 4) is 0 Å². The lowest BCUT2D eigenvalue weighted by atomic mass is 10.00. The molecule has 0 aromatic rings. The van der Waals surface area contributed by atoms with Gasteiger partial charge in [0.1, 0.15) is 0 Å². The van der Waals surface area contributed by atoms with Gasteiger partial charge in [-0.3, -0.25) is 4.79 Å². The van der Waals surface area contributed by atoms with Crippen molar-refractivity contribution in [2.45, 2.75) is 31.5 Å². The van der Waals surface area contributed by atoms with Crippen LogP contribution in [0, 0.1) is 11.8 Å². The predicted octanol–water partition coefficient (Wildman–Crippen LogP) is -0.112. The number of hydrogen-bond acceptors (Lipinski definition) is 4. The molecule has 0 radical (unpaired) electrons. The van der Waals surface area contributed by atoms with Crippen LogP contribution in [-0.2, 0) is 9.53 Å². The van der Waals surface area contributed by atoms with Crippen molar-refractivity contribution in [2.75, 3.05) is 26.7 Å². The lowest BCUT2D eigenvalue weighted by Gasteiger charge is -2.21. The zero-order valence-corrected chi connectivity index (χ0v) is 11.6. The van der Waals surface area contributed by atoms with Gasteiger partial charge in [-0.25, -0.2) is 4.79 Å². The number of carbonyl (C=O) groups is 2. The monoisotopic (exact) mass is 286 g/mol. The van der Waals surface area contributed by atoms with Gasteiger partial charge in [0.15, 0.2) is 0 Å². The molecule has 0 spiro atoms. The van der Waals surface area contributed by atoms with Gasteiger partial charge in [-0.05, 0) is 18.8 Å². The number of aliphatic hydroxyl groups is 1. The predicted molar refractivity (Wildman–Crippen MR) is 70.2 cm³/mol. The Hall–Kier alpha value is -1.34. The Morgan fingerprint density at radius 3 is 2.75 bits per heavy atom. The van der Waals surface area contributed by atoms with Gasteiger partial charge in [0, 0.05) is 32.7 Å². The summed E-state index contributed by atoms with van der Waals surface area (Å²) in [5, 5.41) is 21.2. The average Bonchev–Trinajstić information content (AvgIpc) is 2.96. The second-order valence-electron chi connectivity index (χ2n) is 5.62. The number of nitrogens with one attached hydrogen (secondary N) is 1. The average molecular weight is 286 g/mol. The van der Waals surface area contributed by atoms with Gasteiger partial charge in [-0.15, -0.1) is 0 Å². The van der Waals surface area contributed by atoms with E-state index in [1.54, 1.807) is 4.90 Å². The van der Waals surface area contributed by atoms with E-state index in [9.17, 15) is 14.7 Å². The fourth-order valence-electron chi connectivity index (χ4n) is 3.15. The van der Waals surface area contributed by atoms with Gasteiger partial charge >= 0.3 is 12.0 Å². The van der Waals surface area contributed by atoms with Gasteiger partial charge in [0.2, 0.25) is 0 Å². The van der Waals surface area contributed by atoms with E-state index in [0.29, 0.717) is 19.0 Å². The molecule has 1 aliphatic carbocycles. The molecule has 7 heteroatoms. The first-order valence-electron chi connectivity index (χ1n) is 6.96. The van der Waals surface area contributed by atoms with Crippen LogP contribution in [0.2, 0.25) is 0 Å². The fraction of sp³-hybridized carbons (Fsp3) is 0.846. The van der Waals surface area contributed by atoms with Gasteiger partial charge in [0.05, 0.1) is 18.6 Å². The summed E-state index contributed by atoms with van der Waals surface area (Å²) in [7, 11) is 1.43. The maximum absolute atomic E-state index is 12.0. The first-order chi connectivity index (χ1) is 9.51. The van der Waals surface area contributed by atoms with E-state index in [1.165, 1.54) is 7.11 Å². The van der Waals surface area contributed by atoms with Crippen LogP contribution in [0.4, 0.5) is 4.79 Å². The molecule has 7 nitrogen and oxygen atoms in total. The van der Waals surface area contributed by atoms with Crippen LogP contribution < -0.4 is 5.32 Å². The lowest BCUT2D eigenvalue weighted by molar-refractivity contribution is -0.139. The van der Waals surface area contributed by atoms with E-state index in [2.05, 4.69) is 5.32 Å². The van der Waals surface area contributed by atoms with E-state index in [-0.39, 0.29) is 31.0 Å². The van der Waals surface area contributed by atoms with Crippen molar-refractivity contribution in [1.29, 1.82) is 0 Å². The number of carbonyl (C=O) groups excluding carboxylic acids is 1. The molecule has 2 fully saturated rings. The van der Waals surface area contributed by atoms with Crippen molar-refractivity contribution in [1.82, 2.24) is 10.2 Å². The number of aliphatic carboxylic acids is 1. The number of hydrogen-bond donors (Lipinski definition) is 3. The van der Waals surface area contributed by atoms with Crippen molar-refractivity contribution >= 4 is 12.0 Å². The number of carboxylic acids is 1. The zero-order chi connectivity index (χ0) is 14.7. The first kappa shape index (κ1) is 15.1. The Labute approximate surface area is 117 Å². The molecule has 20 heavy (non-hydrogen) atoms. The summed E-state index contributed by atoms with van der Waals surface area (Å²) in [5.41, 5.74) is 0. The maximum Gasteiger partial charge on any atom is 0.317 e. The molecule has 1 heterocycles. The van der Waals surface area contributed by atoms with Crippen LogP contribution in [0.5, 0.6) is 0 Å². The van der Waals surface area contributed by atoms with Crippen molar-refractivity contribution in [2.24, 2.45) is 11.8 Å². The van der Waals surface area contributed by atoms with E-state index in [4.69, 9.17) is 9.84 Å². The summed E-state index contributed by atoms with van der Waals surface area (Å²) in [6, 6.07) is -0.209. The molecule has 2 aliphatic rings. The SMILES string of the molecule is COC(CNC(=O)N1CC2CCC(O)C2C1)CC(=O)O. The number of ether oxygens (including phenoxy) is 1. The fourth-order valence-corrected chi connectivity index (χ4v) is 3.15. The molecule has 1 saturated carbocycles. The summed E-state index contributed by atoms with van der Waals surface area (Å²) < 4.78 is 5.01. The van der Waals surface area contributed by atoms with Gasteiger partial charge in [-0.1, -0.05) is 0 Å². The number of carboxylic acid groups (broad SMARTS) is 1. The third kappa shape index (κ3) is 3.40. The van der Waals surface area contributed by atoms with Crippen molar-refractivity contribution in [3.63, 3.8) is 0 Å². The second-order valence-corrected chi connectivity index (χ2v) is 5.62. The molecule has 0 bridgehead atoms. The maximum atomic E-state index is 12.0. The molecule has 1 aliphatic heterocycles. The van der Waals surface area contributed by atoms with Crippen molar-refractivity contribution in [3.05, 3.63) is 0 Å². The normalized spacial score (nSPS) is 30.1. The minimum Gasteiger partial charge on any atom is -0.481 e. The van der Waals surface area contributed by atoms with E-state index in [1.807, 2.05) is 0 Å². The topological polar surface area (TPSA) is 99.1 Å². The standard InChI is InChI=1S/C13H22N2O5/c1-20-9(4-12(17)18)5-14-13(19)15-6-8-2-3-11(16)10(8)7-15/h8-11,16H,2-7H2,1H3,(H,14,19)(H,17,18). The minimum atomic E-state index is -0.954. The second kappa shape index (κ2) is 6.41. The highest BCUT2D eigenvalue weighted by atomic mass is 16.5. The van der Waals surface area contributed by atoms with Crippen LogP contribution in [-0.4, -0.2) is 66.1 Å². The molecule has 4 unspecified atom stereocenters. The first-order valence-corrected chi connectivity index (χ1v) is 6.96. The Morgan fingerprint density at radius 2 is 2.15 bits per heavy atom. The Bertz CT molecular complexity index is 376. The Morgan fingerprint density at radius 1 is 1.40 bits per heavy atom. The molecule has 1 saturated heterocycles. The Kier molecular flexibility index (Phi) is 4.82. The van der Waals surface area contributed by atoms with E-state index < -0.39 is 12.1 Å². The molecule has 3 N–H and O–H groups in total. The molecule has 4 atom stereocenters. The number of methoxy groups -OCH3 is 1. The Balaban J connectivity index is 1.77. The molecular weight excluding hydrogens is 264 g/mol. The highest BCUT2D eigenvalue weighted by molar-refractivity contribution is 5.74. The lowest BCUT2D eigenvalue weighted by Crippen LogP contribution is -2.43. The van der Waals surface area contributed by atoms with Crippen LogP contribution in [0.25, 0.3) is 0 Å². The number of likely N-dealkylation sites (tertiary alicyclic amines) is 1. The molecule has 114 valence electrons. The number of nitrogens with zero attached hydrogens (tertiary/aromatic N) is 1. The smallest absolute Gasteiger partial charge is 0.317 e. The number of rotatable bonds is 5. The largest absolute Gasteiger partial charge is 0.481 e. The van der Waals surface area contributed by atoms with Gasteiger partial charge in [0.25, 0.3) is 0 Å². The summed E-state index contributed by atoms with van der Waals surface area (Å²) in [5.74, 6) is -0.365. The highest BCUT2D eigenvalue weighted by Gasteiger charge is 2.43.